The average Bonchev–Trinajstić information content (AvgIpc) is 3.47. The second-order valence-corrected chi connectivity index (χ2v) is 9.82. The van der Waals surface area contributed by atoms with Crippen LogP contribution < -0.4 is 5.32 Å². The van der Waals surface area contributed by atoms with Crippen molar-refractivity contribution in [2.24, 2.45) is 5.92 Å². The summed E-state index contributed by atoms with van der Waals surface area (Å²) >= 11 is 0. The molecule has 5 rings (SSSR count). The van der Waals surface area contributed by atoms with Gasteiger partial charge in [-0.15, -0.1) is 0 Å². The predicted octanol–water partition coefficient (Wildman–Crippen LogP) is 2.80. The smallest absolute Gasteiger partial charge is 0.325 e. The van der Waals surface area contributed by atoms with Crippen molar-refractivity contribution in [3.8, 4) is 0 Å². The standard InChI is InChI=1S/C27H32N4O4/c1-19-6-4-7-20(16-19)17-24(32)30-13-10-21(11-14-30)27(23-9-2-3-12-28-23)25(33)31(26(34)29-27)18-22-8-5-15-35-22/h2-4,6-7,9,12,16,21-22H,5,8,10-11,13-15,17-18H2,1H3,(H,29,34)/t22-,27+/m0/s1. The molecule has 0 saturated carbocycles. The molecule has 3 aliphatic heterocycles. The molecule has 184 valence electrons. The third-order valence-corrected chi connectivity index (χ3v) is 7.51. The molecule has 0 aliphatic carbocycles. The van der Waals surface area contributed by atoms with Crippen LogP contribution in [0.5, 0.6) is 0 Å². The highest BCUT2D eigenvalue weighted by Crippen LogP contribution is 2.41. The maximum atomic E-state index is 13.9. The molecule has 1 aromatic carbocycles. The third kappa shape index (κ3) is 4.55. The second-order valence-electron chi connectivity index (χ2n) is 9.82. The molecule has 3 aliphatic rings. The fourth-order valence-corrected chi connectivity index (χ4v) is 5.68. The van der Waals surface area contributed by atoms with Crippen LogP contribution in [0.15, 0.2) is 48.7 Å². The highest BCUT2D eigenvalue weighted by molar-refractivity contribution is 6.07. The number of piperidine rings is 1. The van der Waals surface area contributed by atoms with E-state index in [-0.39, 0.29) is 30.4 Å². The summed E-state index contributed by atoms with van der Waals surface area (Å²) in [4.78, 5) is 47.6. The number of benzene rings is 1. The van der Waals surface area contributed by atoms with Gasteiger partial charge in [0, 0.05) is 31.8 Å². The van der Waals surface area contributed by atoms with Crippen molar-refractivity contribution in [1.29, 1.82) is 0 Å². The summed E-state index contributed by atoms with van der Waals surface area (Å²) in [6.07, 6.45) is 4.89. The molecule has 1 N–H and O–H groups in total. The van der Waals surface area contributed by atoms with Crippen LogP contribution in [-0.4, -0.2) is 65.0 Å². The Bertz CT molecular complexity index is 1090. The van der Waals surface area contributed by atoms with Gasteiger partial charge in [-0.3, -0.25) is 19.5 Å². The average molecular weight is 477 g/mol. The van der Waals surface area contributed by atoms with E-state index in [2.05, 4.69) is 10.3 Å². The lowest BCUT2D eigenvalue weighted by atomic mass is 9.75. The van der Waals surface area contributed by atoms with E-state index < -0.39 is 11.6 Å². The van der Waals surface area contributed by atoms with E-state index >= 15 is 0 Å². The Kier molecular flexibility index (Phi) is 6.56. The first-order chi connectivity index (χ1) is 17.0. The van der Waals surface area contributed by atoms with E-state index in [0.717, 1.165) is 24.0 Å². The quantitative estimate of drug-likeness (QED) is 0.648. The number of urea groups is 1. The number of hydrogen-bond acceptors (Lipinski definition) is 5. The molecule has 4 heterocycles. The summed E-state index contributed by atoms with van der Waals surface area (Å²) in [5.74, 6) is -0.338. The van der Waals surface area contributed by atoms with E-state index in [1.54, 1.807) is 12.3 Å². The van der Waals surface area contributed by atoms with E-state index in [4.69, 9.17) is 4.74 Å². The van der Waals surface area contributed by atoms with E-state index in [9.17, 15) is 14.4 Å². The molecule has 2 atom stereocenters. The molecule has 3 fully saturated rings. The molecule has 0 spiro atoms. The largest absolute Gasteiger partial charge is 0.376 e. The van der Waals surface area contributed by atoms with Gasteiger partial charge in [0.15, 0.2) is 5.54 Å². The molecule has 2 aromatic rings. The fraction of sp³-hybridized carbons (Fsp3) is 0.481. The van der Waals surface area contributed by atoms with Gasteiger partial charge >= 0.3 is 6.03 Å². The highest BCUT2D eigenvalue weighted by atomic mass is 16.5. The molecule has 4 amide bonds. The number of nitrogens with one attached hydrogen (secondary N) is 1. The number of nitrogens with zero attached hydrogens (tertiary/aromatic N) is 3. The zero-order chi connectivity index (χ0) is 24.4. The monoisotopic (exact) mass is 476 g/mol. The number of ether oxygens (including phenoxy) is 1. The molecule has 3 saturated heterocycles. The zero-order valence-corrected chi connectivity index (χ0v) is 20.1. The zero-order valence-electron chi connectivity index (χ0n) is 20.1. The second kappa shape index (κ2) is 9.77. The number of imide groups is 1. The van der Waals surface area contributed by atoms with Crippen LogP contribution in [0, 0.1) is 12.8 Å². The Hall–Kier alpha value is -3.26. The van der Waals surface area contributed by atoms with Gasteiger partial charge in [0.05, 0.1) is 24.8 Å². The lowest BCUT2D eigenvalue weighted by Gasteiger charge is -2.40. The number of amides is 4. The van der Waals surface area contributed by atoms with E-state index in [1.807, 2.05) is 48.2 Å². The van der Waals surface area contributed by atoms with Crippen molar-refractivity contribution in [2.75, 3.05) is 26.2 Å². The Balaban J connectivity index is 1.33. The number of carbonyl (C=O) groups excluding carboxylic acids is 3. The van der Waals surface area contributed by atoms with Gasteiger partial charge in [0.1, 0.15) is 0 Å². The van der Waals surface area contributed by atoms with Crippen molar-refractivity contribution in [3.05, 3.63) is 65.5 Å². The summed E-state index contributed by atoms with van der Waals surface area (Å²) in [6.45, 7) is 4.02. The molecule has 8 nitrogen and oxygen atoms in total. The van der Waals surface area contributed by atoms with Gasteiger partial charge in [-0.2, -0.15) is 0 Å². The van der Waals surface area contributed by atoms with Crippen LogP contribution in [0.1, 0.15) is 42.5 Å². The number of aromatic nitrogens is 1. The first-order valence-electron chi connectivity index (χ1n) is 12.5. The van der Waals surface area contributed by atoms with Crippen molar-refractivity contribution in [3.63, 3.8) is 0 Å². The first kappa shape index (κ1) is 23.5. The Morgan fingerprint density at radius 1 is 1.14 bits per heavy atom. The Morgan fingerprint density at radius 3 is 2.66 bits per heavy atom. The molecular weight excluding hydrogens is 444 g/mol. The van der Waals surface area contributed by atoms with Crippen LogP contribution in [-0.2, 0) is 26.3 Å². The summed E-state index contributed by atoms with van der Waals surface area (Å²) in [5.41, 5.74) is 1.47. The van der Waals surface area contributed by atoms with Crippen molar-refractivity contribution >= 4 is 17.8 Å². The van der Waals surface area contributed by atoms with Gasteiger partial charge in [-0.05, 0) is 50.3 Å². The van der Waals surface area contributed by atoms with Crippen LogP contribution >= 0.6 is 0 Å². The summed E-state index contributed by atoms with van der Waals surface area (Å²) in [6, 6.07) is 13.1. The topological polar surface area (TPSA) is 91.8 Å². The lowest BCUT2D eigenvalue weighted by Crippen LogP contribution is -2.55. The molecule has 0 radical (unpaired) electrons. The predicted molar refractivity (Wildman–Crippen MR) is 129 cm³/mol. The summed E-state index contributed by atoms with van der Waals surface area (Å²) in [5, 5.41) is 3.03. The van der Waals surface area contributed by atoms with Gasteiger partial charge in [-0.1, -0.05) is 35.9 Å². The molecule has 0 bridgehead atoms. The van der Waals surface area contributed by atoms with Gasteiger partial charge in [-0.25, -0.2) is 4.79 Å². The summed E-state index contributed by atoms with van der Waals surface area (Å²) < 4.78 is 5.69. The number of likely N-dealkylation sites (tertiary alicyclic amines) is 1. The lowest BCUT2D eigenvalue weighted by molar-refractivity contribution is -0.137. The number of rotatable bonds is 6. The highest BCUT2D eigenvalue weighted by Gasteiger charge is 2.58. The Morgan fingerprint density at radius 2 is 1.97 bits per heavy atom. The van der Waals surface area contributed by atoms with Crippen LogP contribution in [0.3, 0.4) is 0 Å². The maximum Gasteiger partial charge on any atom is 0.325 e. The fourth-order valence-electron chi connectivity index (χ4n) is 5.68. The van der Waals surface area contributed by atoms with Gasteiger partial charge in [0.25, 0.3) is 5.91 Å². The van der Waals surface area contributed by atoms with Gasteiger partial charge < -0.3 is 15.0 Å². The van der Waals surface area contributed by atoms with Crippen molar-refractivity contribution in [1.82, 2.24) is 20.1 Å². The SMILES string of the molecule is Cc1cccc(CC(=O)N2CCC([C@]3(c4ccccn4)NC(=O)N(C[C@@H]4CCCO4)C3=O)CC2)c1. The molecule has 35 heavy (non-hydrogen) atoms. The normalized spacial score (nSPS) is 25.2. The summed E-state index contributed by atoms with van der Waals surface area (Å²) in [7, 11) is 0. The Labute approximate surface area is 205 Å². The minimum absolute atomic E-state index is 0.0859. The van der Waals surface area contributed by atoms with Crippen LogP contribution in [0.4, 0.5) is 4.79 Å². The molecule has 1 aromatic heterocycles. The number of pyridine rings is 1. The molecular formula is C27H32N4O4. The number of aryl methyl sites for hydroxylation is 1. The minimum atomic E-state index is -1.22. The number of carbonyl (C=O) groups is 3. The van der Waals surface area contributed by atoms with E-state index in [0.29, 0.717) is 44.7 Å². The molecule has 8 heteroatoms. The third-order valence-electron chi connectivity index (χ3n) is 7.51. The van der Waals surface area contributed by atoms with Crippen molar-refractivity contribution in [2.45, 2.75) is 50.7 Å². The minimum Gasteiger partial charge on any atom is -0.376 e. The number of hydrogen-bond donors (Lipinski definition) is 1. The van der Waals surface area contributed by atoms with Crippen LogP contribution in [0.25, 0.3) is 0 Å². The first-order valence-corrected chi connectivity index (χ1v) is 12.5. The maximum absolute atomic E-state index is 13.9. The van der Waals surface area contributed by atoms with Crippen LogP contribution in [0.2, 0.25) is 0 Å². The molecule has 0 unspecified atom stereocenters. The van der Waals surface area contributed by atoms with Crippen molar-refractivity contribution < 1.29 is 19.1 Å². The van der Waals surface area contributed by atoms with Gasteiger partial charge in [0.2, 0.25) is 5.91 Å². The van der Waals surface area contributed by atoms with E-state index in [1.165, 1.54) is 4.90 Å².